The topological polar surface area (TPSA) is 106 Å². The molecule has 0 amide bonds. The van der Waals surface area contributed by atoms with Gasteiger partial charge >= 0.3 is 12.1 Å². The third-order valence-corrected chi connectivity index (χ3v) is 5.45. The van der Waals surface area contributed by atoms with Crippen LogP contribution in [0.1, 0.15) is 77.6 Å². The van der Waals surface area contributed by atoms with Crippen LogP contribution in [0.15, 0.2) is 0 Å². The molecule has 0 aromatic carbocycles. The number of carbonyl (C=O) groups excluding carboxylic acids is 2. The highest BCUT2D eigenvalue weighted by atomic mass is 16.7. The standard InChI is InChI=1S/C22H41NO7/c1-3-4-5-6-7-8-9-18(10-11-21(26)28-20(16-24)17-25)29-22(27)30-19-12-14-23(2)15-13-19/h18-20,24-25H,3-17H2,1-2H3. The maximum atomic E-state index is 12.3. The number of hydrogen-bond acceptors (Lipinski definition) is 8. The summed E-state index contributed by atoms with van der Waals surface area (Å²) < 4.78 is 16.0. The van der Waals surface area contributed by atoms with Crippen LogP contribution in [0.3, 0.4) is 0 Å². The molecule has 0 spiro atoms. The minimum Gasteiger partial charge on any atom is -0.457 e. The maximum Gasteiger partial charge on any atom is 0.508 e. The fourth-order valence-corrected chi connectivity index (χ4v) is 3.47. The number of aliphatic hydroxyl groups excluding tert-OH is 2. The van der Waals surface area contributed by atoms with E-state index in [4.69, 9.17) is 24.4 Å². The lowest BCUT2D eigenvalue weighted by Gasteiger charge is -2.28. The van der Waals surface area contributed by atoms with E-state index in [1.165, 1.54) is 19.3 Å². The van der Waals surface area contributed by atoms with E-state index in [1.807, 2.05) is 7.05 Å². The van der Waals surface area contributed by atoms with Crippen molar-refractivity contribution >= 4 is 12.1 Å². The van der Waals surface area contributed by atoms with Gasteiger partial charge in [0.1, 0.15) is 18.3 Å². The number of carbonyl (C=O) groups is 2. The van der Waals surface area contributed by atoms with E-state index in [0.717, 1.165) is 45.2 Å². The van der Waals surface area contributed by atoms with Crippen molar-refractivity contribution in [3.05, 3.63) is 0 Å². The Labute approximate surface area is 180 Å². The zero-order valence-corrected chi connectivity index (χ0v) is 18.7. The molecule has 1 heterocycles. The average Bonchev–Trinajstić information content (AvgIpc) is 2.74. The monoisotopic (exact) mass is 431 g/mol. The second-order valence-corrected chi connectivity index (χ2v) is 8.18. The molecule has 1 fully saturated rings. The van der Waals surface area contributed by atoms with Gasteiger partial charge in [0.25, 0.3) is 0 Å². The molecule has 30 heavy (non-hydrogen) atoms. The molecule has 1 aliphatic rings. The van der Waals surface area contributed by atoms with E-state index < -0.39 is 37.5 Å². The van der Waals surface area contributed by atoms with Crippen molar-refractivity contribution in [2.24, 2.45) is 0 Å². The molecule has 0 saturated carbocycles. The summed E-state index contributed by atoms with van der Waals surface area (Å²) in [6.07, 6.45) is 7.29. The van der Waals surface area contributed by atoms with Gasteiger partial charge in [0.2, 0.25) is 0 Å². The smallest absolute Gasteiger partial charge is 0.457 e. The van der Waals surface area contributed by atoms with Crippen molar-refractivity contribution in [3.8, 4) is 0 Å². The van der Waals surface area contributed by atoms with Crippen LogP contribution in [0, 0.1) is 0 Å². The summed E-state index contributed by atoms with van der Waals surface area (Å²) in [5.41, 5.74) is 0. The van der Waals surface area contributed by atoms with Crippen LogP contribution >= 0.6 is 0 Å². The predicted molar refractivity (Wildman–Crippen MR) is 113 cm³/mol. The Kier molecular flexibility index (Phi) is 14.5. The Morgan fingerprint density at radius 2 is 1.57 bits per heavy atom. The maximum absolute atomic E-state index is 12.3. The van der Waals surface area contributed by atoms with Crippen LogP contribution in [0.25, 0.3) is 0 Å². The van der Waals surface area contributed by atoms with Crippen molar-refractivity contribution in [2.75, 3.05) is 33.4 Å². The first-order valence-corrected chi connectivity index (χ1v) is 11.5. The highest BCUT2D eigenvalue weighted by Gasteiger charge is 2.24. The van der Waals surface area contributed by atoms with Crippen molar-refractivity contribution in [1.82, 2.24) is 4.90 Å². The lowest BCUT2D eigenvalue weighted by atomic mass is 10.0. The highest BCUT2D eigenvalue weighted by Crippen LogP contribution is 2.18. The largest absolute Gasteiger partial charge is 0.508 e. The van der Waals surface area contributed by atoms with Crippen LogP contribution in [-0.4, -0.2) is 78.9 Å². The summed E-state index contributed by atoms with van der Waals surface area (Å²) >= 11 is 0. The van der Waals surface area contributed by atoms with E-state index in [2.05, 4.69) is 11.8 Å². The quantitative estimate of drug-likeness (QED) is 0.301. The molecule has 2 N–H and O–H groups in total. The normalized spacial score (nSPS) is 16.4. The van der Waals surface area contributed by atoms with E-state index in [1.54, 1.807) is 0 Å². The Morgan fingerprint density at radius 3 is 2.20 bits per heavy atom. The molecule has 1 aliphatic heterocycles. The SMILES string of the molecule is CCCCCCCCC(CCC(=O)OC(CO)CO)OC(=O)OC1CCN(C)CC1. The number of unbranched alkanes of at least 4 members (excludes halogenated alkanes) is 5. The van der Waals surface area contributed by atoms with Gasteiger partial charge in [0.05, 0.1) is 13.2 Å². The molecular weight excluding hydrogens is 390 g/mol. The molecule has 8 heteroatoms. The first kappa shape index (κ1) is 26.7. The molecule has 0 bridgehead atoms. The van der Waals surface area contributed by atoms with Gasteiger partial charge in [0.15, 0.2) is 0 Å². The fourth-order valence-electron chi connectivity index (χ4n) is 3.47. The van der Waals surface area contributed by atoms with Gasteiger partial charge in [-0.15, -0.1) is 0 Å². The number of hydrogen-bond donors (Lipinski definition) is 2. The molecule has 0 aromatic rings. The van der Waals surface area contributed by atoms with Crippen molar-refractivity contribution in [2.45, 2.75) is 95.9 Å². The van der Waals surface area contributed by atoms with Gasteiger partial charge in [-0.2, -0.15) is 0 Å². The lowest BCUT2D eigenvalue weighted by molar-refractivity contribution is -0.154. The van der Waals surface area contributed by atoms with Gasteiger partial charge in [-0.25, -0.2) is 4.79 Å². The van der Waals surface area contributed by atoms with Crippen molar-refractivity contribution < 1.29 is 34.0 Å². The first-order valence-electron chi connectivity index (χ1n) is 11.5. The molecule has 1 rings (SSSR count). The van der Waals surface area contributed by atoms with Crippen LogP contribution < -0.4 is 0 Å². The number of likely N-dealkylation sites (tertiary alicyclic amines) is 1. The van der Waals surface area contributed by atoms with Gasteiger partial charge < -0.3 is 29.3 Å². The molecule has 1 saturated heterocycles. The molecule has 176 valence electrons. The molecule has 1 atom stereocenters. The lowest BCUT2D eigenvalue weighted by Crippen LogP contribution is -2.36. The van der Waals surface area contributed by atoms with Crippen LogP contribution in [-0.2, 0) is 19.0 Å². The molecule has 1 unspecified atom stereocenters. The molecule has 8 nitrogen and oxygen atoms in total. The minimum absolute atomic E-state index is 0.0541. The molecular formula is C22H41NO7. The van der Waals surface area contributed by atoms with Gasteiger partial charge in [-0.1, -0.05) is 39.0 Å². The first-order chi connectivity index (χ1) is 14.5. The van der Waals surface area contributed by atoms with Crippen molar-refractivity contribution in [1.29, 1.82) is 0 Å². The van der Waals surface area contributed by atoms with E-state index in [0.29, 0.717) is 12.8 Å². The Bertz CT molecular complexity index is 462. The van der Waals surface area contributed by atoms with E-state index in [-0.39, 0.29) is 12.5 Å². The summed E-state index contributed by atoms with van der Waals surface area (Å²) in [5, 5.41) is 18.0. The number of aliphatic hydroxyl groups is 2. The average molecular weight is 432 g/mol. The molecule has 0 radical (unpaired) electrons. The summed E-state index contributed by atoms with van der Waals surface area (Å²) in [5.74, 6) is -0.525. The zero-order valence-electron chi connectivity index (χ0n) is 18.7. The van der Waals surface area contributed by atoms with Crippen LogP contribution in [0.4, 0.5) is 4.79 Å². The number of nitrogens with zero attached hydrogens (tertiary/aromatic N) is 1. The third-order valence-electron chi connectivity index (χ3n) is 5.45. The van der Waals surface area contributed by atoms with Crippen molar-refractivity contribution in [3.63, 3.8) is 0 Å². The number of esters is 1. The highest BCUT2D eigenvalue weighted by molar-refractivity contribution is 5.69. The Balaban J connectivity index is 2.43. The predicted octanol–water partition coefficient (Wildman–Crippen LogP) is 3.03. The fraction of sp³-hybridized carbons (Fsp3) is 0.909. The molecule has 0 aliphatic carbocycles. The summed E-state index contributed by atoms with van der Waals surface area (Å²) in [6, 6.07) is 0. The minimum atomic E-state index is -0.912. The van der Waals surface area contributed by atoms with Gasteiger partial charge in [-0.05, 0) is 39.2 Å². The van der Waals surface area contributed by atoms with Gasteiger partial charge in [0, 0.05) is 19.5 Å². The summed E-state index contributed by atoms with van der Waals surface area (Å²) in [4.78, 5) is 26.4. The van der Waals surface area contributed by atoms with E-state index >= 15 is 0 Å². The molecule has 0 aromatic heterocycles. The number of ether oxygens (including phenoxy) is 3. The van der Waals surface area contributed by atoms with Crippen LogP contribution in [0.5, 0.6) is 0 Å². The second kappa shape index (κ2) is 16.3. The van der Waals surface area contributed by atoms with E-state index in [9.17, 15) is 9.59 Å². The van der Waals surface area contributed by atoms with Gasteiger partial charge in [-0.3, -0.25) is 4.79 Å². The summed E-state index contributed by atoms with van der Waals surface area (Å²) in [7, 11) is 2.04. The Hall–Kier alpha value is -1.38. The number of piperidine rings is 1. The van der Waals surface area contributed by atoms with Crippen LogP contribution in [0.2, 0.25) is 0 Å². The third kappa shape index (κ3) is 12.3. The Morgan fingerprint density at radius 1 is 0.933 bits per heavy atom. The number of rotatable bonds is 15. The summed E-state index contributed by atoms with van der Waals surface area (Å²) in [6.45, 7) is 3.10. The zero-order chi connectivity index (χ0) is 22.2. The second-order valence-electron chi connectivity index (χ2n) is 8.18.